The van der Waals surface area contributed by atoms with Gasteiger partial charge in [0.1, 0.15) is 5.69 Å². The predicted octanol–water partition coefficient (Wildman–Crippen LogP) is 4.89. The molecule has 0 aliphatic rings. The molecule has 0 saturated heterocycles. The van der Waals surface area contributed by atoms with Crippen molar-refractivity contribution in [1.29, 1.82) is 0 Å². The molecule has 0 aliphatic heterocycles. The van der Waals surface area contributed by atoms with E-state index < -0.39 is 0 Å². The molecule has 0 fully saturated rings. The Bertz CT molecular complexity index is 1100. The van der Waals surface area contributed by atoms with Gasteiger partial charge in [-0.15, -0.1) is 0 Å². The molecule has 2 N–H and O–H groups in total. The van der Waals surface area contributed by atoms with E-state index in [9.17, 15) is 4.79 Å². The fraction of sp³-hybridized carbons (Fsp3) is 0.143. The SMILES string of the molecule is Cc1cccc(C)c1NC(=O)c1cc2c([nH]c3ccccc32)c(C)n1. The highest BCUT2D eigenvalue weighted by atomic mass is 16.1. The Labute approximate surface area is 145 Å². The lowest BCUT2D eigenvalue weighted by Crippen LogP contribution is -2.15. The van der Waals surface area contributed by atoms with Crippen LogP contribution in [-0.4, -0.2) is 15.9 Å². The number of nitrogens with zero attached hydrogens (tertiary/aromatic N) is 1. The minimum Gasteiger partial charge on any atom is -0.353 e. The average molecular weight is 329 g/mol. The first-order valence-corrected chi connectivity index (χ1v) is 8.30. The van der Waals surface area contributed by atoms with E-state index in [1.807, 2.05) is 63.2 Å². The van der Waals surface area contributed by atoms with Gasteiger partial charge in [0.2, 0.25) is 0 Å². The first-order chi connectivity index (χ1) is 12.0. The molecule has 0 spiro atoms. The minimum atomic E-state index is -0.187. The summed E-state index contributed by atoms with van der Waals surface area (Å²) in [5.74, 6) is -0.187. The lowest BCUT2D eigenvalue weighted by Gasteiger charge is -2.11. The van der Waals surface area contributed by atoms with Crippen LogP contribution in [0.1, 0.15) is 27.3 Å². The summed E-state index contributed by atoms with van der Waals surface area (Å²) in [4.78, 5) is 20.7. The van der Waals surface area contributed by atoms with Crippen LogP contribution >= 0.6 is 0 Å². The number of fused-ring (bicyclic) bond motifs is 3. The molecular weight excluding hydrogens is 310 g/mol. The van der Waals surface area contributed by atoms with Crippen molar-refractivity contribution >= 4 is 33.4 Å². The van der Waals surface area contributed by atoms with Gasteiger partial charge in [-0.25, -0.2) is 4.98 Å². The van der Waals surface area contributed by atoms with Gasteiger partial charge in [-0.1, -0.05) is 36.4 Å². The van der Waals surface area contributed by atoms with Crippen molar-refractivity contribution in [3.05, 3.63) is 71.0 Å². The zero-order valence-electron chi connectivity index (χ0n) is 14.5. The zero-order chi connectivity index (χ0) is 17.6. The molecule has 4 nitrogen and oxygen atoms in total. The Morgan fingerprint density at radius 2 is 1.68 bits per heavy atom. The summed E-state index contributed by atoms with van der Waals surface area (Å²) in [6.45, 7) is 5.90. The van der Waals surface area contributed by atoms with E-state index in [0.29, 0.717) is 5.69 Å². The number of hydrogen-bond donors (Lipinski definition) is 2. The highest BCUT2D eigenvalue weighted by Gasteiger charge is 2.15. The number of anilines is 1. The number of H-pyrrole nitrogens is 1. The van der Waals surface area contributed by atoms with Crippen LogP contribution in [-0.2, 0) is 0 Å². The van der Waals surface area contributed by atoms with E-state index in [0.717, 1.165) is 44.3 Å². The summed E-state index contributed by atoms with van der Waals surface area (Å²) in [7, 11) is 0. The number of pyridine rings is 1. The van der Waals surface area contributed by atoms with Crippen molar-refractivity contribution < 1.29 is 4.79 Å². The van der Waals surface area contributed by atoms with Crippen LogP contribution in [0, 0.1) is 20.8 Å². The third-order valence-corrected chi connectivity index (χ3v) is 4.63. The van der Waals surface area contributed by atoms with Crippen LogP contribution in [0.25, 0.3) is 21.8 Å². The second-order valence-corrected chi connectivity index (χ2v) is 6.41. The van der Waals surface area contributed by atoms with Gasteiger partial charge in [0.05, 0.1) is 11.2 Å². The summed E-state index contributed by atoms with van der Waals surface area (Å²) in [6, 6.07) is 15.9. The maximum absolute atomic E-state index is 12.8. The molecule has 4 heteroatoms. The topological polar surface area (TPSA) is 57.8 Å². The first kappa shape index (κ1) is 15.4. The van der Waals surface area contributed by atoms with Gasteiger partial charge < -0.3 is 10.3 Å². The zero-order valence-corrected chi connectivity index (χ0v) is 14.5. The molecule has 4 aromatic rings. The number of carbonyl (C=O) groups is 1. The molecule has 0 unspecified atom stereocenters. The predicted molar refractivity (Wildman–Crippen MR) is 102 cm³/mol. The number of amides is 1. The number of carbonyl (C=O) groups excluding carboxylic acids is 1. The minimum absolute atomic E-state index is 0.187. The van der Waals surface area contributed by atoms with E-state index in [1.165, 1.54) is 0 Å². The Hall–Kier alpha value is -3.14. The number of aromatic amines is 1. The van der Waals surface area contributed by atoms with Crippen LogP contribution in [0.15, 0.2) is 48.5 Å². The van der Waals surface area contributed by atoms with Crippen LogP contribution < -0.4 is 5.32 Å². The Balaban J connectivity index is 1.81. The van der Waals surface area contributed by atoms with E-state index in [1.54, 1.807) is 0 Å². The van der Waals surface area contributed by atoms with Crippen LogP contribution in [0.4, 0.5) is 5.69 Å². The second-order valence-electron chi connectivity index (χ2n) is 6.41. The van der Waals surface area contributed by atoms with Crippen LogP contribution in [0.3, 0.4) is 0 Å². The standard InChI is InChI=1S/C21H19N3O/c1-12-7-6-8-13(2)19(12)24-21(25)18-11-16-15-9-4-5-10-17(15)23-20(16)14(3)22-18/h4-11,23H,1-3H3,(H,24,25). The van der Waals surface area contributed by atoms with Crippen molar-refractivity contribution in [3.63, 3.8) is 0 Å². The number of hydrogen-bond acceptors (Lipinski definition) is 2. The van der Waals surface area contributed by atoms with Crippen molar-refractivity contribution in [2.45, 2.75) is 20.8 Å². The molecule has 2 aromatic carbocycles. The van der Waals surface area contributed by atoms with Gasteiger partial charge in [-0.05, 0) is 44.0 Å². The average Bonchev–Trinajstić information content (AvgIpc) is 2.97. The first-order valence-electron chi connectivity index (χ1n) is 8.30. The fourth-order valence-corrected chi connectivity index (χ4v) is 3.31. The van der Waals surface area contributed by atoms with Gasteiger partial charge in [0.15, 0.2) is 0 Å². The number of benzene rings is 2. The monoisotopic (exact) mass is 329 g/mol. The fourth-order valence-electron chi connectivity index (χ4n) is 3.31. The number of nitrogens with one attached hydrogen (secondary N) is 2. The van der Waals surface area contributed by atoms with Gasteiger partial charge in [-0.3, -0.25) is 4.79 Å². The van der Waals surface area contributed by atoms with E-state index in [-0.39, 0.29) is 5.91 Å². The molecule has 25 heavy (non-hydrogen) atoms. The molecule has 0 radical (unpaired) electrons. The van der Waals surface area contributed by atoms with E-state index in [4.69, 9.17) is 0 Å². The van der Waals surface area contributed by atoms with Crippen LogP contribution in [0.5, 0.6) is 0 Å². The maximum atomic E-state index is 12.8. The van der Waals surface area contributed by atoms with Crippen molar-refractivity contribution in [3.8, 4) is 0 Å². The number of aromatic nitrogens is 2. The third-order valence-electron chi connectivity index (χ3n) is 4.63. The lowest BCUT2D eigenvalue weighted by atomic mass is 10.1. The molecular formula is C21H19N3O. The molecule has 2 aromatic heterocycles. The molecule has 0 bridgehead atoms. The highest BCUT2D eigenvalue weighted by molar-refractivity contribution is 6.12. The largest absolute Gasteiger partial charge is 0.353 e. The van der Waals surface area contributed by atoms with Crippen LogP contribution in [0.2, 0.25) is 0 Å². The van der Waals surface area contributed by atoms with Gasteiger partial charge in [-0.2, -0.15) is 0 Å². The second kappa shape index (κ2) is 5.74. The Morgan fingerprint density at radius 1 is 0.960 bits per heavy atom. The maximum Gasteiger partial charge on any atom is 0.274 e. The molecule has 124 valence electrons. The molecule has 0 saturated carbocycles. The van der Waals surface area contributed by atoms with Crippen molar-refractivity contribution in [2.75, 3.05) is 5.32 Å². The van der Waals surface area contributed by atoms with Gasteiger partial charge in [0.25, 0.3) is 5.91 Å². The normalized spacial score (nSPS) is 11.2. The van der Waals surface area contributed by atoms with Gasteiger partial charge in [0, 0.05) is 22.0 Å². The third kappa shape index (κ3) is 2.56. The Morgan fingerprint density at radius 3 is 2.44 bits per heavy atom. The summed E-state index contributed by atoms with van der Waals surface area (Å²) >= 11 is 0. The highest BCUT2D eigenvalue weighted by Crippen LogP contribution is 2.28. The summed E-state index contributed by atoms with van der Waals surface area (Å²) in [6.07, 6.45) is 0. The molecule has 4 rings (SSSR count). The van der Waals surface area contributed by atoms with Crippen molar-refractivity contribution in [2.24, 2.45) is 0 Å². The summed E-state index contributed by atoms with van der Waals surface area (Å²) < 4.78 is 0. The Kier molecular flexibility index (Phi) is 3.53. The van der Waals surface area contributed by atoms with E-state index in [2.05, 4.69) is 21.4 Å². The summed E-state index contributed by atoms with van der Waals surface area (Å²) in [5.41, 5.74) is 6.21. The lowest BCUT2D eigenvalue weighted by molar-refractivity contribution is 0.102. The quantitative estimate of drug-likeness (QED) is 0.550. The molecule has 0 atom stereocenters. The molecule has 2 heterocycles. The number of aryl methyl sites for hydroxylation is 3. The number of para-hydroxylation sites is 2. The number of rotatable bonds is 2. The van der Waals surface area contributed by atoms with E-state index >= 15 is 0 Å². The van der Waals surface area contributed by atoms with Gasteiger partial charge >= 0.3 is 0 Å². The summed E-state index contributed by atoms with van der Waals surface area (Å²) in [5, 5.41) is 5.14. The molecule has 0 aliphatic carbocycles. The smallest absolute Gasteiger partial charge is 0.274 e. The van der Waals surface area contributed by atoms with Crippen molar-refractivity contribution in [1.82, 2.24) is 9.97 Å². The molecule has 1 amide bonds.